The second kappa shape index (κ2) is 17.9. The van der Waals surface area contributed by atoms with Gasteiger partial charge in [-0.3, -0.25) is 4.72 Å². The summed E-state index contributed by atoms with van der Waals surface area (Å²) in [6, 6.07) is 34.9. The van der Waals surface area contributed by atoms with E-state index in [0.717, 1.165) is 39.6 Å². The highest BCUT2D eigenvalue weighted by Gasteiger charge is 2.21. The van der Waals surface area contributed by atoms with Crippen molar-refractivity contribution in [2.45, 2.75) is 52.0 Å². The van der Waals surface area contributed by atoms with Crippen LogP contribution in [-0.4, -0.2) is 56.2 Å². The highest BCUT2D eigenvalue weighted by Crippen LogP contribution is 2.33. The summed E-state index contributed by atoms with van der Waals surface area (Å²) in [5, 5.41) is 24.1. The van der Waals surface area contributed by atoms with Gasteiger partial charge in [-0.2, -0.15) is 0 Å². The smallest absolute Gasteiger partial charge is 0.345 e. The number of hydrogen-bond donors (Lipinski definition) is 4. The third-order valence-corrected chi connectivity index (χ3v) is 9.25. The highest BCUT2D eigenvalue weighted by atomic mass is 32.2. The van der Waals surface area contributed by atoms with Gasteiger partial charge in [-0.25, -0.2) is 13.2 Å². The van der Waals surface area contributed by atoms with Crippen LogP contribution in [0.3, 0.4) is 0 Å². The average molecular weight is 739 g/mol. The fourth-order valence-corrected chi connectivity index (χ4v) is 6.62. The Morgan fingerprint density at radius 2 is 1.42 bits per heavy atom. The normalized spacial score (nSPS) is 13.1. The van der Waals surface area contributed by atoms with Gasteiger partial charge in [0.15, 0.2) is 6.10 Å². The monoisotopic (exact) mass is 738 g/mol. The van der Waals surface area contributed by atoms with Gasteiger partial charge >= 0.3 is 5.97 Å². The number of aliphatic hydroxyl groups excluding tert-OH is 1. The van der Waals surface area contributed by atoms with Crippen molar-refractivity contribution < 1.29 is 37.6 Å². The molecule has 5 aromatic carbocycles. The summed E-state index contributed by atoms with van der Waals surface area (Å²) in [5.74, 6) is 0.534. The minimum atomic E-state index is -3.60. The molecule has 0 heterocycles. The number of sulfonamides is 1. The number of ether oxygens (including phenoxy) is 3. The Labute approximate surface area is 311 Å². The molecule has 0 radical (unpaired) electrons. The number of carboxylic acids is 1. The summed E-state index contributed by atoms with van der Waals surface area (Å²) in [6.07, 6.45) is -0.604. The molecule has 3 atom stereocenters. The Bertz CT molecular complexity index is 2050. The van der Waals surface area contributed by atoms with Gasteiger partial charge in [-0.1, -0.05) is 78.9 Å². The maximum absolute atomic E-state index is 12.1. The van der Waals surface area contributed by atoms with Crippen LogP contribution in [0.25, 0.3) is 11.1 Å². The molecule has 0 aliphatic rings. The zero-order chi connectivity index (χ0) is 38.0. The minimum Gasteiger partial charge on any atom is -0.492 e. The van der Waals surface area contributed by atoms with Crippen molar-refractivity contribution in [1.29, 1.82) is 0 Å². The van der Waals surface area contributed by atoms with E-state index in [1.807, 2.05) is 106 Å². The SMILES string of the molecule is Cc1cc(OCCN[C@@H](C)[C@@H](O)c2ccc(OCc3ccccc3)c(NS(C)(=O)=O)c2)cc(C)c1-c1ccc(OC(Cc2ccccc2)C(=O)O)cc1. The van der Waals surface area contributed by atoms with Crippen LogP contribution < -0.4 is 24.2 Å². The van der Waals surface area contributed by atoms with Crippen LogP contribution >= 0.6 is 0 Å². The number of hydrogen-bond acceptors (Lipinski definition) is 8. The summed E-state index contributed by atoms with van der Waals surface area (Å²) >= 11 is 0. The molecule has 0 aliphatic carbocycles. The van der Waals surface area contributed by atoms with Crippen LogP contribution in [-0.2, 0) is 27.8 Å². The van der Waals surface area contributed by atoms with Gasteiger partial charge in [0.25, 0.3) is 0 Å². The lowest BCUT2D eigenvalue weighted by Crippen LogP contribution is -2.35. The van der Waals surface area contributed by atoms with Crippen molar-refractivity contribution in [2.24, 2.45) is 0 Å². The summed E-state index contributed by atoms with van der Waals surface area (Å²) in [4.78, 5) is 11.9. The van der Waals surface area contributed by atoms with Crippen LogP contribution in [0.15, 0.2) is 115 Å². The van der Waals surface area contributed by atoms with Gasteiger partial charge < -0.3 is 29.7 Å². The van der Waals surface area contributed by atoms with E-state index in [1.165, 1.54) is 0 Å². The average Bonchev–Trinajstić information content (AvgIpc) is 3.12. The number of aliphatic hydroxyl groups is 1. The molecule has 4 N–H and O–H groups in total. The largest absolute Gasteiger partial charge is 0.492 e. The maximum Gasteiger partial charge on any atom is 0.345 e. The molecule has 0 aromatic heterocycles. The summed E-state index contributed by atoms with van der Waals surface area (Å²) in [5.41, 5.74) is 6.68. The third kappa shape index (κ3) is 11.3. The van der Waals surface area contributed by atoms with E-state index < -0.39 is 28.2 Å². The van der Waals surface area contributed by atoms with Crippen LogP contribution in [0.2, 0.25) is 0 Å². The first-order chi connectivity index (χ1) is 25.4. The molecule has 11 heteroatoms. The van der Waals surface area contributed by atoms with E-state index in [0.29, 0.717) is 36.0 Å². The topological polar surface area (TPSA) is 143 Å². The number of aryl methyl sites for hydroxylation is 2. The Balaban J connectivity index is 1.15. The second-order valence-corrected chi connectivity index (χ2v) is 14.8. The first kappa shape index (κ1) is 38.9. The molecule has 0 aliphatic heterocycles. The molecule has 5 rings (SSSR count). The molecular weight excluding hydrogens is 693 g/mol. The standard InChI is InChI=1S/C42H46N2O8S/c1-28-23-36(24-29(2)40(28)33-15-18-35(19-16-33)52-39(42(46)47)25-31-11-7-5-8-12-31)50-22-21-43-30(3)41(45)34-17-20-38(37(26-34)44-53(4,48)49)51-27-32-13-9-6-10-14-32/h5-20,23-24,26,30,39,41,43-45H,21-22,25,27H2,1-4H3,(H,46,47)/t30-,39?,41+/m0/s1. The fourth-order valence-electron chi connectivity index (χ4n) is 6.06. The predicted octanol–water partition coefficient (Wildman–Crippen LogP) is 7.09. The second-order valence-electron chi connectivity index (χ2n) is 13.0. The molecular formula is C42H46N2O8S. The van der Waals surface area contributed by atoms with Crippen molar-refractivity contribution in [1.82, 2.24) is 5.32 Å². The number of nitrogens with one attached hydrogen (secondary N) is 2. The number of carboxylic acid groups (broad SMARTS) is 1. The lowest BCUT2D eigenvalue weighted by atomic mass is 9.95. The van der Waals surface area contributed by atoms with Gasteiger partial charge in [-0.15, -0.1) is 0 Å². The Morgan fingerprint density at radius 3 is 2.02 bits per heavy atom. The molecule has 0 spiro atoms. The van der Waals surface area contributed by atoms with Crippen molar-refractivity contribution in [3.63, 3.8) is 0 Å². The molecule has 0 saturated heterocycles. The summed E-state index contributed by atoms with van der Waals surface area (Å²) in [7, 11) is -3.60. The highest BCUT2D eigenvalue weighted by molar-refractivity contribution is 7.92. The number of rotatable bonds is 18. The third-order valence-electron chi connectivity index (χ3n) is 8.66. The number of carbonyl (C=O) groups is 1. The maximum atomic E-state index is 12.1. The van der Waals surface area contributed by atoms with Crippen LogP contribution in [0, 0.1) is 13.8 Å². The van der Waals surface area contributed by atoms with Crippen molar-refractivity contribution in [2.75, 3.05) is 24.1 Å². The predicted molar refractivity (Wildman–Crippen MR) is 207 cm³/mol. The van der Waals surface area contributed by atoms with Crippen molar-refractivity contribution >= 4 is 21.7 Å². The van der Waals surface area contributed by atoms with Crippen LogP contribution in [0.4, 0.5) is 5.69 Å². The first-order valence-electron chi connectivity index (χ1n) is 17.3. The summed E-state index contributed by atoms with van der Waals surface area (Å²) < 4.78 is 44.5. The molecule has 53 heavy (non-hydrogen) atoms. The van der Waals surface area contributed by atoms with Gasteiger partial charge in [-0.05, 0) is 96.1 Å². The quantitative estimate of drug-likeness (QED) is 0.0694. The summed E-state index contributed by atoms with van der Waals surface area (Å²) in [6.45, 7) is 6.94. The van der Waals surface area contributed by atoms with Crippen molar-refractivity contribution in [3.05, 3.63) is 143 Å². The van der Waals surface area contributed by atoms with Gasteiger partial charge in [0.05, 0.1) is 18.0 Å². The Kier molecular flexibility index (Phi) is 13.1. The first-order valence-corrected chi connectivity index (χ1v) is 19.2. The fraction of sp³-hybridized carbons (Fsp3) is 0.262. The van der Waals surface area contributed by atoms with Gasteiger partial charge in [0.1, 0.15) is 30.5 Å². The zero-order valence-corrected chi connectivity index (χ0v) is 31.1. The van der Waals surface area contributed by atoms with Gasteiger partial charge in [0.2, 0.25) is 10.0 Å². The number of benzene rings is 5. The van der Waals surface area contributed by atoms with Crippen LogP contribution in [0.5, 0.6) is 17.2 Å². The van der Waals surface area contributed by atoms with E-state index in [2.05, 4.69) is 10.0 Å². The van der Waals surface area contributed by atoms with E-state index in [1.54, 1.807) is 30.3 Å². The minimum absolute atomic E-state index is 0.250. The molecule has 5 aromatic rings. The molecule has 0 bridgehead atoms. The molecule has 0 saturated carbocycles. The van der Waals surface area contributed by atoms with E-state index in [4.69, 9.17) is 14.2 Å². The van der Waals surface area contributed by atoms with Crippen LogP contribution in [0.1, 0.15) is 40.8 Å². The molecule has 10 nitrogen and oxygen atoms in total. The lowest BCUT2D eigenvalue weighted by Gasteiger charge is -2.22. The Morgan fingerprint density at radius 1 is 0.792 bits per heavy atom. The van der Waals surface area contributed by atoms with E-state index in [9.17, 15) is 23.4 Å². The molecule has 0 fully saturated rings. The van der Waals surface area contributed by atoms with E-state index >= 15 is 0 Å². The molecule has 0 amide bonds. The zero-order valence-electron chi connectivity index (χ0n) is 30.3. The van der Waals surface area contributed by atoms with Gasteiger partial charge in [0, 0.05) is 19.0 Å². The number of aliphatic carboxylic acids is 1. The number of anilines is 1. The Hall–Kier alpha value is -5.36. The molecule has 1 unspecified atom stereocenters. The van der Waals surface area contributed by atoms with E-state index in [-0.39, 0.29) is 24.8 Å². The van der Waals surface area contributed by atoms with Crippen molar-refractivity contribution in [3.8, 4) is 28.4 Å². The molecule has 278 valence electrons. The lowest BCUT2D eigenvalue weighted by molar-refractivity contribution is -0.145.